The van der Waals surface area contributed by atoms with E-state index in [9.17, 15) is 9.59 Å². The molecule has 2 aromatic carbocycles. The van der Waals surface area contributed by atoms with Crippen molar-refractivity contribution in [3.05, 3.63) is 57.1 Å². The predicted molar refractivity (Wildman–Crippen MR) is 143 cm³/mol. The molecule has 0 aromatic heterocycles. The fourth-order valence-electron chi connectivity index (χ4n) is 3.72. The molecule has 3 rings (SSSR count). The van der Waals surface area contributed by atoms with Crippen LogP contribution in [0.2, 0.25) is 5.02 Å². The van der Waals surface area contributed by atoms with Crippen molar-refractivity contribution in [1.29, 1.82) is 0 Å². The highest BCUT2D eigenvalue weighted by atomic mass is 127. The van der Waals surface area contributed by atoms with Gasteiger partial charge in [0.2, 0.25) is 5.91 Å². The number of nitrogens with zero attached hydrogens (tertiary/aromatic N) is 2. The summed E-state index contributed by atoms with van der Waals surface area (Å²) in [5.74, 6) is -0.384. The normalized spacial score (nSPS) is 16.0. The zero-order valence-electron chi connectivity index (χ0n) is 18.0. The van der Waals surface area contributed by atoms with Crippen LogP contribution >= 0.6 is 46.4 Å². The van der Waals surface area contributed by atoms with Crippen LogP contribution in [-0.4, -0.2) is 34.4 Å². The maximum atomic E-state index is 13.4. The molecule has 1 aliphatic rings. The second-order valence-electron chi connectivity index (χ2n) is 7.82. The Morgan fingerprint density at radius 2 is 1.72 bits per heavy atom. The zero-order chi connectivity index (χ0) is 23.1. The summed E-state index contributed by atoms with van der Waals surface area (Å²) in [5, 5.41) is 3.93. The molecule has 0 spiro atoms. The van der Waals surface area contributed by atoms with Crippen molar-refractivity contribution in [3.63, 3.8) is 0 Å². The molecule has 1 fully saturated rings. The number of nitrogens with one attached hydrogen (secondary N) is 1. The summed E-state index contributed by atoms with van der Waals surface area (Å²) in [6.45, 7) is 2.83. The lowest BCUT2D eigenvalue weighted by Crippen LogP contribution is -2.38. The molecule has 8 heteroatoms. The number of anilines is 2. The van der Waals surface area contributed by atoms with Crippen molar-refractivity contribution in [3.8, 4) is 0 Å². The van der Waals surface area contributed by atoms with Gasteiger partial charge in [-0.2, -0.15) is 0 Å². The molecule has 0 saturated carbocycles. The molecule has 0 radical (unpaired) electrons. The monoisotopic (exact) mass is 583 g/mol. The number of carbonyl (C=O) groups excluding carboxylic acids is 2. The van der Waals surface area contributed by atoms with Gasteiger partial charge >= 0.3 is 0 Å². The summed E-state index contributed by atoms with van der Waals surface area (Å²) < 4.78 is 1.09. The van der Waals surface area contributed by atoms with Crippen LogP contribution in [0.1, 0.15) is 45.4 Å². The summed E-state index contributed by atoms with van der Waals surface area (Å²) in [6, 6.07) is 14.0. The number of hydrogen-bond donors (Lipinski definition) is 1. The quantitative estimate of drug-likeness (QED) is 0.204. The smallest absolute Gasteiger partial charge is 0.256 e. The fraction of sp³-hybridized carbons (Fsp3) is 0.375. The molecule has 1 saturated heterocycles. The van der Waals surface area contributed by atoms with E-state index in [1.165, 1.54) is 17.7 Å². The van der Waals surface area contributed by atoms with Crippen LogP contribution < -0.4 is 10.2 Å². The van der Waals surface area contributed by atoms with Crippen molar-refractivity contribution in [2.45, 2.75) is 51.5 Å². The predicted octanol–water partition coefficient (Wildman–Crippen LogP) is 6.25. The Balaban J connectivity index is 1.74. The lowest BCUT2D eigenvalue weighted by Gasteiger charge is -2.24. The van der Waals surface area contributed by atoms with Crippen molar-refractivity contribution in [1.82, 2.24) is 4.90 Å². The lowest BCUT2D eigenvalue weighted by molar-refractivity contribution is -0.124. The van der Waals surface area contributed by atoms with Crippen LogP contribution in [0.5, 0.6) is 0 Å². The molecule has 170 valence electrons. The molecule has 2 amide bonds. The molecule has 32 heavy (non-hydrogen) atoms. The Labute approximate surface area is 213 Å². The first-order valence-corrected chi connectivity index (χ1v) is 12.7. The van der Waals surface area contributed by atoms with E-state index < -0.39 is 6.04 Å². The maximum absolute atomic E-state index is 13.4. The van der Waals surface area contributed by atoms with Gasteiger partial charge in [0.1, 0.15) is 6.04 Å². The molecule has 1 N–H and O–H groups in total. The summed E-state index contributed by atoms with van der Waals surface area (Å²) in [7, 11) is 0. The Bertz CT molecular complexity index is 953. The van der Waals surface area contributed by atoms with Crippen LogP contribution in [0.3, 0.4) is 0 Å². The second kappa shape index (κ2) is 12.0. The topological polar surface area (TPSA) is 52.7 Å². The van der Waals surface area contributed by atoms with E-state index in [0.29, 0.717) is 28.1 Å². The molecule has 1 aliphatic heterocycles. The van der Waals surface area contributed by atoms with Crippen LogP contribution in [0.4, 0.5) is 11.4 Å². The first-order chi connectivity index (χ1) is 15.4. The zero-order valence-corrected chi connectivity index (χ0v) is 21.8. The van der Waals surface area contributed by atoms with E-state index in [1.54, 1.807) is 24.3 Å². The van der Waals surface area contributed by atoms with Crippen molar-refractivity contribution < 1.29 is 9.59 Å². The highest BCUT2D eigenvalue weighted by molar-refractivity contribution is 14.1. The van der Waals surface area contributed by atoms with Crippen LogP contribution in [-0.2, 0) is 9.59 Å². The second-order valence-corrected chi connectivity index (χ2v) is 9.86. The van der Waals surface area contributed by atoms with E-state index in [-0.39, 0.29) is 18.2 Å². The number of halogens is 2. The molecule has 0 bridgehead atoms. The average molecular weight is 584 g/mol. The van der Waals surface area contributed by atoms with Gasteiger partial charge in [-0.1, -0.05) is 44.2 Å². The van der Waals surface area contributed by atoms with Gasteiger partial charge in [-0.15, -0.1) is 0 Å². The molecular weight excluding hydrogens is 557 g/mol. The summed E-state index contributed by atoms with van der Waals surface area (Å²) >= 11 is 13.9. The molecule has 1 atom stereocenters. The molecular formula is C24H27ClIN3O2S. The van der Waals surface area contributed by atoms with Crippen LogP contribution in [0, 0.1) is 3.57 Å². The van der Waals surface area contributed by atoms with Gasteiger partial charge in [0.25, 0.3) is 5.91 Å². The van der Waals surface area contributed by atoms with E-state index in [0.717, 1.165) is 22.8 Å². The van der Waals surface area contributed by atoms with E-state index >= 15 is 0 Å². The first kappa shape index (κ1) is 24.9. The first-order valence-electron chi connectivity index (χ1n) is 10.9. The summed E-state index contributed by atoms with van der Waals surface area (Å²) in [5.41, 5.74) is 1.38. The van der Waals surface area contributed by atoms with Gasteiger partial charge < -0.3 is 10.2 Å². The number of hydrogen-bond acceptors (Lipinski definition) is 3. The molecule has 1 unspecified atom stereocenters. The molecule has 2 aromatic rings. The van der Waals surface area contributed by atoms with Crippen LogP contribution in [0.25, 0.3) is 0 Å². The molecule has 5 nitrogen and oxygen atoms in total. The van der Waals surface area contributed by atoms with Crippen molar-refractivity contribution >= 4 is 74.7 Å². The largest absolute Gasteiger partial charge is 0.336 e. The lowest BCUT2D eigenvalue weighted by atomic mass is 10.1. The van der Waals surface area contributed by atoms with Crippen molar-refractivity contribution in [2.24, 2.45) is 0 Å². The van der Waals surface area contributed by atoms with Gasteiger partial charge in [0, 0.05) is 20.8 Å². The van der Waals surface area contributed by atoms with Gasteiger partial charge in [0.15, 0.2) is 5.11 Å². The maximum Gasteiger partial charge on any atom is 0.256 e. The third-order valence-electron chi connectivity index (χ3n) is 5.41. The van der Waals surface area contributed by atoms with Gasteiger partial charge in [0.05, 0.1) is 12.1 Å². The van der Waals surface area contributed by atoms with E-state index in [1.807, 2.05) is 29.2 Å². The van der Waals surface area contributed by atoms with Gasteiger partial charge in [-0.25, -0.2) is 0 Å². The van der Waals surface area contributed by atoms with E-state index in [4.69, 9.17) is 23.8 Å². The highest BCUT2D eigenvalue weighted by Crippen LogP contribution is 2.29. The van der Waals surface area contributed by atoms with Gasteiger partial charge in [-0.05, 0) is 89.8 Å². The standard InChI is InChI=1S/C24H27ClIN3O2S/c1-2-3-4-5-6-15-28-21(16-22(30)27-19-11-9-18(26)10-12-19)23(31)29(24(28)32)20-13-7-17(25)8-14-20/h7-14,21H,2-6,15-16H2,1H3,(H,27,30). The number of thiocarbonyl (C=S) groups is 1. The molecule has 0 aliphatic carbocycles. The third kappa shape index (κ3) is 6.42. The Hall–Kier alpha value is -1.71. The molecule has 1 heterocycles. The average Bonchev–Trinajstić information content (AvgIpc) is 3.00. The van der Waals surface area contributed by atoms with Gasteiger partial charge in [-0.3, -0.25) is 14.5 Å². The number of carbonyl (C=O) groups is 2. The van der Waals surface area contributed by atoms with Crippen LogP contribution in [0.15, 0.2) is 48.5 Å². The SMILES string of the molecule is CCCCCCCN1C(=S)N(c2ccc(Cl)cc2)C(=O)C1CC(=O)Nc1ccc(I)cc1. The Morgan fingerprint density at radius 3 is 2.38 bits per heavy atom. The third-order valence-corrected chi connectivity index (χ3v) is 6.80. The Kier molecular flexibility index (Phi) is 9.31. The fourth-order valence-corrected chi connectivity index (χ4v) is 4.62. The highest BCUT2D eigenvalue weighted by Gasteiger charge is 2.43. The summed E-state index contributed by atoms with van der Waals surface area (Å²) in [6.07, 6.45) is 5.57. The number of unbranched alkanes of at least 4 members (excludes halogenated alkanes) is 4. The van der Waals surface area contributed by atoms with Crippen molar-refractivity contribution in [2.75, 3.05) is 16.8 Å². The minimum atomic E-state index is -0.617. The minimum absolute atomic E-state index is 0.0456. The minimum Gasteiger partial charge on any atom is -0.336 e. The number of amides is 2. The van der Waals surface area contributed by atoms with E-state index in [2.05, 4.69) is 34.8 Å². The summed E-state index contributed by atoms with van der Waals surface area (Å²) in [4.78, 5) is 29.6. The number of rotatable bonds is 10. The number of benzene rings is 2. The Morgan fingerprint density at radius 1 is 1.06 bits per heavy atom.